The summed E-state index contributed by atoms with van der Waals surface area (Å²) in [5, 5.41) is 13.6. The molecule has 0 unspecified atom stereocenters. The zero-order chi connectivity index (χ0) is 22.1. The van der Waals surface area contributed by atoms with Crippen molar-refractivity contribution in [2.45, 2.75) is 25.5 Å². The summed E-state index contributed by atoms with van der Waals surface area (Å²) in [6, 6.07) is 9.18. The molecule has 1 aliphatic heterocycles. The van der Waals surface area contributed by atoms with Crippen LogP contribution in [0.2, 0.25) is 0 Å². The van der Waals surface area contributed by atoms with E-state index in [0.29, 0.717) is 17.2 Å². The smallest absolute Gasteiger partial charge is 0.229 e. The summed E-state index contributed by atoms with van der Waals surface area (Å²) in [6.45, 7) is 1.86. The number of pyridine rings is 1. The van der Waals surface area contributed by atoms with E-state index < -0.39 is 11.6 Å². The fourth-order valence-corrected chi connectivity index (χ4v) is 3.93. The maximum Gasteiger partial charge on any atom is 0.229 e. The van der Waals surface area contributed by atoms with Gasteiger partial charge in [-0.05, 0) is 48.7 Å². The van der Waals surface area contributed by atoms with Crippen LogP contribution in [0.5, 0.6) is 0 Å². The van der Waals surface area contributed by atoms with Gasteiger partial charge < -0.3 is 19.9 Å². The summed E-state index contributed by atoms with van der Waals surface area (Å²) in [6.07, 6.45) is 6.52. The van der Waals surface area contributed by atoms with Crippen molar-refractivity contribution in [2.24, 2.45) is 0 Å². The topological polar surface area (TPSA) is 79.1 Å². The molecule has 0 bridgehead atoms. The van der Waals surface area contributed by atoms with E-state index in [9.17, 15) is 13.9 Å². The molecule has 164 valence electrons. The van der Waals surface area contributed by atoms with E-state index in [2.05, 4.69) is 25.2 Å². The van der Waals surface area contributed by atoms with Gasteiger partial charge in [0.05, 0.1) is 18.0 Å². The third-order valence-corrected chi connectivity index (χ3v) is 5.57. The molecule has 0 aliphatic carbocycles. The van der Waals surface area contributed by atoms with Gasteiger partial charge in [0, 0.05) is 43.5 Å². The van der Waals surface area contributed by atoms with E-state index in [-0.39, 0.29) is 12.6 Å². The molecule has 0 atom stereocenters. The molecule has 0 saturated carbocycles. The number of nitrogens with one attached hydrogen (secondary N) is 1. The standard InChI is InChI=1S/C23H22F2N6O/c24-17-9-15(10-18(25)11-17)14-31-6-3-16-12-27-23(29-22(16)31)28-19-1-2-21(26-13-19)30-7-4-20(32)5-8-30/h1-3,6,9-13,20,32H,4-5,7-8,14H2,(H,27,28,29). The van der Waals surface area contributed by atoms with Crippen molar-refractivity contribution < 1.29 is 13.9 Å². The molecule has 1 aromatic carbocycles. The van der Waals surface area contributed by atoms with E-state index in [1.807, 2.05) is 29.0 Å². The second-order valence-corrected chi connectivity index (χ2v) is 7.94. The Morgan fingerprint density at radius 1 is 1.00 bits per heavy atom. The molecular weight excluding hydrogens is 414 g/mol. The molecule has 5 rings (SSSR count). The molecule has 1 saturated heterocycles. The molecule has 32 heavy (non-hydrogen) atoms. The molecule has 7 nitrogen and oxygen atoms in total. The van der Waals surface area contributed by atoms with Gasteiger partial charge in [0.15, 0.2) is 0 Å². The van der Waals surface area contributed by atoms with Crippen molar-refractivity contribution in [2.75, 3.05) is 23.3 Å². The highest BCUT2D eigenvalue weighted by atomic mass is 19.1. The third-order valence-electron chi connectivity index (χ3n) is 5.57. The maximum atomic E-state index is 13.5. The van der Waals surface area contributed by atoms with Gasteiger partial charge in [-0.3, -0.25) is 0 Å². The summed E-state index contributed by atoms with van der Waals surface area (Å²) >= 11 is 0. The number of nitrogens with zero attached hydrogens (tertiary/aromatic N) is 5. The number of fused-ring (bicyclic) bond motifs is 1. The number of benzene rings is 1. The van der Waals surface area contributed by atoms with Gasteiger partial charge in [0.1, 0.15) is 23.1 Å². The van der Waals surface area contributed by atoms with Crippen LogP contribution in [0.25, 0.3) is 11.0 Å². The first kappa shape index (κ1) is 20.3. The largest absolute Gasteiger partial charge is 0.393 e. The van der Waals surface area contributed by atoms with Crippen LogP contribution < -0.4 is 10.2 Å². The van der Waals surface area contributed by atoms with Crippen molar-refractivity contribution in [3.8, 4) is 0 Å². The van der Waals surface area contributed by atoms with Crippen molar-refractivity contribution in [3.63, 3.8) is 0 Å². The van der Waals surface area contributed by atoms with Crippen LogP contribution in [0.3, 0.4) is 0 Å². The summed E-state index contributed by atoms with van der Waals surface area (Å²) < 4.78 is 28.9. The van der Waals surface area contributed by atoms with Crippen LogP contribution >= 0.6 is 0 Å². The Morgan fingerprint density at radius 2 is 1.78 bits per heavy atom. The Bertz CT molecular complexity index is 1210. The molecular formula is C23H22F2N6O. The number of aliphatic hydroxyl groups is 1. The SMILES string of the molecule is OC1CCN(c2ccc(Nc3ncc4ccn(Cc5cc(F)cc(F)c5)c4n3)cn2)CC1. The van der Waals surface area contributed by atoms with Gasteiger partial charge in [-0.1, -0.05) is 0 Å². The lowest BCUT2D eigenvalue weighted by atomic mass is 10.1. The number of hydrogen-bond acceptors (Lipinski definition) is 6. The van der Waals surface area contributed by atoms with E-state index in [0.717, 1.165) is 48.9 Å². The second kappa shape index (κ2) is 8.51. The van der Waals surface area contributed by atoms with E-state index in [1.165, 1.54) is 12.1 Å². The second-order valence-electron chi connectivity index (χ2n) is 7.94. The van der Waals surface area contributed by atoms with Gasteiger partial charge in [-0.2, -0.15) is 4.98 Å². The minimum atomic E-state index is -0.606. The van der Waals surface area contributed by atoms with Gasteiger partial charge >= 0.3 is 0 Å². The summed E-state index contributed by atoms with van der Waals surface area (Å²) in [5.74, 6) is 0.0591. The first-order valence-electron chi connectivity index (χ1n) is 10.5. The summed E-state index contributed by atoms with van der Waals surface area (Å²) in [5.41, 5.74) is 1.91. The summed E-state index contributed by atoms with van der Waals surface area (Å²) in [4.78, 5) is 15.6. The zero-order valence-corrected chi connectivity index (χ0v) is 17.2. The molecule has 4 aromatic rings. The van der Waals surface area contributed by atoms with E-state index in [4.69, 9.17) is 0 Å². The average Bonchev–Trinajstić information content (AvgIpc) is 3.16. The molecule has 0 radical (unpaired) electrons. The highest BCUT2D eigenvalue weighted by Crippen LogP contribution is 2.22. The van der Waals surface area contributed by atoms with Crippen LogP contribution in [0.15, 0.2) is 55.0 Å². The Balaban J connectivity index is 1.33. The van der Waals surface area contributed by atoms with Gasteiger partial charge in [0.2, 0.25) is 5.95 Å². The van der Waals surface area contributed by atoms with Gasteiger partial charge in [-0.15, -0.1) is 0 Å². The fourth-order valence-electron chi connectivity index (χ4n) is 3.93. The molecule has 3 aromatic heterocycles. The molecule has 0 amide bonds. The Morgan fingerprint density at radius 3 is 2.50 bits per heavy atom. The minimum Gasteiger partial charge on any atom is -0.393 e. The number of aliphatic hydroxyl groups excluding tert-OH is 1. The van der Waals surface area contributed by atoms with Crippen LogP contribution in [-0.2, 0) is 6.54 Å². The quantitative estimate of drug-likeness (QED) is 0.495. The maximum absolute atomic E-state index is 13.5. The van der Waals surface area contributed by atoms with Gasteiger partial charge in [0.25, 0.3) is 0 Å². The molecule has 4 heterocycles. The lowest BCUT2D eigenvalue weighted by Crippen LogP contribution is -2.36. The normalized spacial score (nSPS) is 14.8. The molecule has 2 N–H and O–H groups in total. The van der Waals surface area contributed by atoms with Gasteiger partial charge in [-0.25, -0.2) is 18.7 Å². The Labute approximate surface area is 183 Å². The highest BCUT2D eigenvalue weighted by molar-refractivity contribution is 5.77. The highest BCUT2D eigenvalue weighted by Gasteiger charge is 2.18. The predicted octanol–water partition coefficient (Wildman–Crippen LogP) is 3.86. The lowest BCUT2D eigenvalue weighted by molar-refractivity contribution is 0.145. The summed E-state index contributed by atoms with van der Waals surface area (Å²) in [7, 11) is 0. The Hall–Kier alpha value is -3.59. The Kier molecular flexibility index (Phi) is 5.40. The van der Waals surface area contributed by atoms with Crippen molar-refractivity contribution in [1.82, 2.24) is 19.5 Å². The monoisotopic (exact) mass is 436 g/mol. The third kappa shape index (κ3) is 4.38. The molecule has 1 fully saturated rings. The van der Waals surface area contributed by atoms with E-state index >= 15 is 0 Å². The number of rotatable bonds is 5. The van der Waals surface area contributed by atoms with Crippen molar-refractivity contribution in [1.29, 1.82) is 0 Å². The van der Waals surface area contributed by atoms with Crippen LogP contribution in [0, 0.1) is 11.6 Å². The fraction of sp³-hybridized carbons (Fsp3) is 0.261. The lowest BCUT2D eigenvalue weighted by Gasteiger charge is -2.30. The number of hydrogen-bond donors (Lipinski definition) is 2. The molecule has 9 heteroatoms. The van der Waals surface area contributed by atoms with Crippen LogP contribution in [0.1, 0.15) is 18.4 Å². The zero-order valence-electron chi connectivity index (χ0n) is 17.2. The van der Waals surface area contributed by atoms with Crippen molar-refractivity contribution in [3.05, 3.63) is 72.2 Å². The molecule has 0 spiro atoms. The number of aromatic nitrogens is 4. The van der Waals surface area contributed by atoms with Crippen LogP contribution in [0.4, 0.5) is 26.2 Å². The minimum absolute atomic E-state index is 0.224. The number of piperidine rings is 1. The number of anilines is 3. The predicted molar refractivity (Wildman–Crippen MR) is 118 cm³/mol. The van der Waals surface area contributed by atoms with Crippen molar-refractivity contribution >= 4 is 28.5 Å². The van der Waals surface area contributed by atoms with E-state index in [1.54, 1.807) is 12.4 Å². The first-order chi connectivity index (χ1) is 15.5. The molecule has 1 aliphatic rings. The van der Waals surface area contributed by atoms with Crippen LogP contribution in [-0.4, -0.2) is 43.8 Å². The number of halogens is 2. The average molecular weight is 436 g/mol. The first-order valence-corrected chi connectivity index (χ1v) is 10.5.